The number of H-pyrrole nitrogens is 1. The highest BCUT2D eigenvalue weighted by Gasteiger charge is 2.52. The molecule has 3 amide bonds. The number of benzene rings is 3. The first-order valence-electron chi connectivity index (χ1n) is 14.7. The molecule has 1 saturated carbocycles. The van der Waals surface area contributed by atoms with E-state index in [0.29, 0.717) is 22.3 Å². The number of ether oxygens (including phenoxy) is 1. The number of phenolic OH excluding ortho intramolecular Hbond substituents is 1. The first kappa shape index (κ1) is 31.2. The van der Waals surface area contributed by atoms with Gasteiger partial charge in [0.25, 0.3) is 15.9 Å². The van der Waals surface area contributed by atoms with Crippen LogP contribution in [0.3, 0.4) is 0 Å². The van der Waals surface area contributed by atoms with Gasteiger partial charge in [-0.2, -0.15) is 0 Å². The largest absolute Gasteiger partial charge is 0.506 e. The monoisotopic (exact) mass is 670 g/mol. The van der Waals surface area contributed by atoms with E-state index < -0.39 is 28.0 Å². The molecule has 4 N–H and O–H groups in total. The number of imide groups is 1. The smallest absolute Gasteiger partial charge is 0.341 e. The number of sulfonamides is 1. The summed E-state index contributed by atoms with van der Waals surface area (Å²) in [4.78, 5) is 31.9. The number of phenols is 1. The third-order valence-electron chi connectivity index (χ3n) is 8.61. The summed E-state index contributed by atoms with van der Waals surface area (Å²) in [5.41, 5.74) is 7.47. The Balaban J connectivity index is 1.33. The second kappa shape index (κ2) is 12.6. The first-order valence-corrected chi connectivity index (χ1v) is 16.9. The average molecular weight is 672 g/mol. The van der Waals surface area contributed by atoms with Crippen molar-refractivity contribution in [2.75, 3.05) is 13.1 Å². The van der Waals surface area contributed by atoms with E-state index in [-0.39, 0.29) is 51.1 Å². The Hall–Kier alpha value is -3.77. The van der Waals surface area contributed by atoms with Gasteiger partial charge in [-0.1, -0.05) is 47.8 Å². The van der Waals surface area contributed by atoms with E-state index in [1.807, 2.05) is 24.3 Å². The molecule has 1 aliphatic carbocycles. The van der Waals surface area contributed by atoms with Crippen molar-refractivity contribution in [1.29, 1.82) is 0 Å². The molecule has 45 heavy (non-hydrogen) atoms. The number of fused-ring (bicyclic) bond motifs is 1. The summed E-state index contributed by atoms with van der Waals surface area (Å²) in [6, 6.07) is 13.4. The minimum Gasteiger partial charge on any atom is -0.506 e. The molecule has 1 aromatic heterocycles. The van der Waals surface area contributed by atoms with Gasteiger partial charge in [0.2, 0.25) is 0 Å². The quantitative estimate of drug-likeness (QED) is 0.177. The molecule has 6 rings (SSSR count). The number of aromatic hydroxyl groups is 1. The first-order chi connectivity index (χ1) is 21.6. The van der Waals surface area contributed by atoms with Crippen LogP contribution < -0.4 is 10.5 Å². The van der Waals surface area contributed by atoms with Crippen molar-refractivity contribution in [1.82, 2.24) is 14.2 Å². The molecule has 10 nitrogen and oxygen atoms in total. The van der Waals surface area contributed by atoms with Crippen molar-refractivity contribution in [2.24, 2.45) is 17.6 Å². The Kier molecular flexibility index (Phi) is 8.71. The number of carbonyl (C=O) groups is 2. The number of hydrogen-bond donors (Lipinski definition) is 3. The van der Waals surface area contributed by atoms with Gasteiger partial charge < -0.3 is 20.6 Å². The molecule has 4 aromatic rings. The Morgan fingerprint density at radius 3 is 2.53 bits per heavy atom. The van der Waals surface area contributed by atoms with E-state index in [1.165, 1.54) is 36.4 Å². The fraction of sp³-hybridized carbons (Fsp3) is 0.312. The fourth-order valence-corrected chi connectivity index (χ4v) is 8.29. The van der Waals surface area contributed by atoms with Crippen molar-refractivity contribution in [3.8, 4) is 17.2 Å². The third kappa shape index (κ3) is 6.09. The van der Waals surface area contributed by atoms with Gasteiger partial charge in [-0.25, -0.2) is 17.5 Å². The number of para-hydroxylation sites is 1. The topological polar surface area (TPSA) is 146 Å². The minimum absolute atomic E-state index is 0.00303. The van der Waals surface area contributed by atoms with Crippen LogP contribution in [0, 0.1) is 11.8 Å². The van der Waals surface area contributed by atoms with Gasteiger partial charge in [-0.15, -0.1) is 0 Å². The predicted octanol–water partition coefficient (Wildman–Crippen LogP) is 6.30. The summed E-state index contributed by atoms with van der Waals surface area (Å²) in [5, 5.41) is 10.5. The van der Waals surface area contributed by atoms with Crippen molar-refractivity contribution in [3.05, 3.63) is 82.5 Å². The number of nitrogens with one attached hydrogen (secondary N) is 1. The number of nitrogens with two attached hydrogens (primary N) is 1. The van der Waals surface area contributed by atoms with Gasteiger partial charge in [0.1, 0.15) is 23.3 Å². The number of nitrogens with zero attached hydrogens (tertiary/aromatic N) is 2. The predicted molar refractivity (Wildman–Crippen MR) is 171 cm³/mol. The van der Waals surface area contributed by atoms with Crippen LogP contribution in [0.5, 0.6) is 17.2 Å². The second-order valence-corrected chi connectivity index (χ2v) is 14.2. The third-order valence-corrected chi connectivity index (χ3v) is 11.0. The van der Waals surface area contributed by atoms with Gasteiger partial charge in [0.15, 0.2) is 0 Å². The number of aromatic amines is 1. The van der Waals surface area contributed by atoms with Gasteiger partial charge in [-0.3, -0.25) is 9.69 Å². The number of aromatic nitrogens is 1. The van der Waals surface area contributed by atoms with E-state index in [4.69, 9.17) is 33.7 Å². The fourth-order valence-electron chi connectivity index (χ4n) is 6.30. The number of rotatable bonds is 9. The van der Waals surface area contributed by atoms with Gasteiger partial charge in [-0.05, 0) is 79.6 Å². The van der Waals surface area contributed by atoms with E-state index in [9.17, 15) is 23.1 Å². The molecule has 0 radical (unpaired) electrons. The molecule has 3 atom stereocenters. The van der Waals surface area contributed by atoms with Crippen LogP contribution in [0.1, 0.15) is 31.2 Å². The van der Waals surface area contributed by atoms with Crippen LogP contribution in [0.2, 0.25) is 10.0 Å². The molecule has 3 aromatic carbocycles. The summed E-state index contributed by atoms with van der Waals surface area (Å²) in [6.45, 7) is 0.662. The summed E-state index contributed by atoms with van der Waals surface area (Å²) >= 11 is 12.4. The molecule has 13 heteroatoms. The standard InChI is InChI=1S/C32H32Cl2N4O6S/c33-25-14-22(8-10-29(25)39)44-30-11-9-23(15-26(30)34)45(42,43)38-28(13-21-17-36-27-7-2-1-6-24(21)27)31(40)37(32(38)41)18-20-5-3-4-19(12-20)16-35/h1-2,6-11,14-15,17,19-20,28,36,39H,3-5,12-13,16,18,35H2. The van der Waals surface area contributed by atoms with Crippen molar-refractivity contribution >= 4 is 56.1 Å². The van der Waals surface area contributed by atoms with E-state index >= 15 is 0 Å². The second-order valence-electron chi connectivity index (χ2n) is 11.6. The Morgan fingerprint density at radius 1 is 1.00 bits per heavy atom. The molecule has 2 aliphatic rings. The zero-order chi connectivity index (χ0) is 31.9. The maximum Gasteiger partial charge on any atom is 0.341 e. The molecular formula is C32H32Cl2N4O6S. The molecule has 2 heterocycles. The van der Waals surface area contributed by atoms with Gasteiger partial charge in [0, 0.05) is 36.1 Å². The summed E-state index contributed by atoms with van der Waals surface area (Å²) in [6.07, 6.45) is 5.28. The van der Waals surface area contributed by atoms with Crippen LogP contribution in [0.25, 0.3) is 10.9 Å². The lowest BCUT2D eigenvalue weighted by atomic mass is 9.81. The average Bonchev–Trinajstić information content (AvgIpc) is 3.54. The zero-order valence-corrected chi connectivity index (χ0v) is 26.5. The SMILES string of the molecule is NCC1CCCC(CN2C(=O)C(Cc3c[nH]c4ccccc34)N(S(=O)(=O)c3ccc(Oc4ccc(O)c(Cl)c4)c(Cl)c3)C2=O)C1. The van der Waals surface area contributed by atoms with Crippen LogP contribution in [-0.2, 0) is 21.2 Å². The normalized spacial score (nSPS) is 20.7. The zero-order valence-electron chi connectivity index (χ0n) is 24.2. The Morgan fingerprint density at radius 2 is 1.78 bits per heavy atom. The minimum atomic E-state index is -4.54. The molecular weight excluding hydrogens is 639 g/mol. The van der Waals surface area contributed by atoms with E-state index in [1.54, 1.807) is 6.20 Å². The number of halogens is 2. The highest BCUT2D eigenvalue weighted by Crippen LogP contribution is 2.38. The van der Waals surface area contributed by atoms with E-state index in [2.05, 4.69) is 4.98 Å². The van der Waals surface area contributed by atoms with Crippen LogP contribution in [0.4, 0.5) is 4.79 Å². The molecule has 0 spiro atoms. The summed E-state index contributed by atoms with van der Waals surface area (Å²) in [7, 11) is -4.54. The summed E-state index contributed by atoms with van der Waals surface area (Å²) < 4.78 is 34.8. The maximum absolute atomic E-state index is 14.2. The molecule has 1 saturated heterocycles. The van der Waals surface area contributed by atoms with Crippen molar-refractivity contribution in [3.63, 3.8) is 0 Å². The lowest BCUT2D eigenvalue weighted by molar-refractivity contribution is -0.128. The van der Waals surface area contributed by atoms with Crippen molar-refractivity contribution in [2.45, 2.75) is 43.0 Å². The Labute approximate surface area is 270 Å². The van der Waals surface area contributed by atoms with Crippen LogP contribution in [0.15, 0.2) is 71.8 Å². The Bertz CT molecular complexity index is 1880. The lowest BCUT2D eigenvalue weighted by Crippen LogP contribution is -2.41. The highest BCUT2D eigenvalue weighted by atomic mass is 35.5. The maximum atomic E-state index is 14.2. The highest BCUT2D eigenvalue weighted by molar-refractivity contribution is 7.89. The number of carbonyl (C=O) groups excluding carboxylic acids is 2. The molecule has 1 aliphatic heterocycles. The number of hydrogen-bond acceptors (Lipinski definition) is 7. The molecule has 0 bridgehead atoms. The molecule has 2 fully saturated rings. The molecule has 3 unspecified atom stereocenters. The van der Waals surface area contributed by atoms with Crippen LogP contribution >= 0.6 is 23.2 Å². The van der Waals surface area contributed by atoms with E-state index in [0.717, 1.165) is 41.5 Å². The van der Waals surface area contributed by atoms with Gasteiger partial charge in [0.05, 0.1) is 14.9 Å². The molecule has 236 valence electrons. The summed E-state index contributed by atoms with van der Waals surface area (Å²) in [5.74, 6) is 0.0589. The number of urea groups is 1. The van der Waals surface area contributed by atoms with Gasteiger partial charge >= 0.3 is 6.03 Å². The number of amides is 3. The van der Waals surface area contributed by atoms with Crippen LogP contribution in [-0.4, -0.2) is 58.8 Å². The lowest BCUT2D eigenvalue weighted by Gasteiger charge is -2.30. The van der Waals surface area contributed by atoms with Crippen molar-refractivity contribution < 1.29 is 27.9 Å².